The van der Waals surface area contributed by atoms with E-state index in [-0.39, 0.29) is 0 Å². The molecule has 2 aromatic heterocycles. The van der Waals surface area contributed by atoms with Crippen molar-refractivity contribution in [3.63, 3.8) is 0 Å². The number of aryl methyl sites for hydroxylation is 2. The molecule has 1 amide bonds. The van der Waals surface area contributed by atoms with Crippen LogP contribution in [0.1, 0.15) is 21.7 Å². The van der Waals surface area contributed by atoms with Gasteiger partial charge in [-0.15, -0.1) is 10.2 Å². The standard InChI is InChI=1S/C15H14N4O/c16-14(20)12-7-4-10-19-13(17-18-15(12)19)9-8-11-5-2-1-3-6-11/h1-7,10H,8-9H2,(H2,16,20). The van der Waals surface area contributed by atoms with Gasteiger partial charge in [-0.25, -0.2) is 0 Å². The fourth-order valence-corrected chi connectivity index (χ4v) is 2.23. The SMILES string of the molecule is NC(=O)c1cccn2c(CCc3ccccc3)nnc12. The number of rotatable bonds is 4. The Morgan fingerprint density at radius 2 is 1.85 bits per heavy atom. The van der Waals surface area contributed by atoms with E-state index < -0.39 is 5.91 Å². The topological polar surface area (TPSA) is 73.3 Å². The van der Waals surface area contributed by atoms with Crippen molar-refractivity contribution in [2.24, 2.45) is 5.73 Å². The van der Waals surface area contributed by atoms with Crippen molar-refractivity contribution in [2.45, 2.75) is 12.8 Å². The van der Waals surface area contributed by atoms with Crippen LogP contribution in [0.4, 0.5) is 0 Å². The highest BCUT2D eigenvalue weighted by Crippen LogP contribution is 2.11. The summed E-state index contributed by atoms with van der Waals surface area (Å²) < 4.78 is 1.82. The van der Waals surface area contributed by atoms with Gasteiger partial charge in [0.05, 0.1) is 5.56 Å². The number of pyridine rings is 1. The van der Waals surface area contributed by atoms with Crippen LogP contribution in [0, 0.1) is 0 Å². The number of nitrogens with two attached hydrogens (primary N) is 1. The monoisotopic (exact) mass is 266 g/mol. The Morgan fingerprint density at radius 3 is 2.60 bits per heavy atom. The summed E-state index contributed by atoms with van der Waals surface area (Å²) in [6.45, 7) is 0. The molecule has 5 nitrogen and oxygen atoms in total. The van der Waals surface area contributed by atoms with E-state index in [9.17, 15) is 4.79 Å². The van der Waals surface area contributed by atoms with E-state index in [4.69, 9.17) is 5.73 Å². The molecular formula is C15H14N4O. The maximum Gasteiger partial charge on any atom is 0.252 e. The van der Waals surface area contributed by atoms with Gasteiger partial charge in [0.2, 0.25) is 0 Å². The highest BCUT2D eigenvalue weighted by atomic mass is 16.1. The Hall–Kier alpha value is -2.69. The van der Waals surface area contributed by atoms with E-state index >= 15 is 0 Å². The van der Waals surface area contributed by atoms with Crippen molar-refractivity contribution in [2.75, 3.05) is 0 Å². The van der Waals surface area contributed by atoms with Crippen LogP contribution in [0.3, 0.4) is 0 Å². The lowest BCUT2D eigenvalue weighted by atomic mass is 10.1. The molecule has 0 radical (unpaired) electrons. The van der Waals surface area contributed by atoms with Crippen LogP contribution >= 0.6 is 0 Å². The number of nitrogens with zero attached hydrogens (tertiary/aromatic N) is 3. The number of benzene rings is 1. The molecule has 0 atom stereocenters. The van der Waals surface area contributed by atoms with E-state index in [1.807, 2.05) is 28.8 Å². The minimum Gasteiger partial charge on any atom is -0.365 e. The zero-order valence-electron chi connectivity index (χ0n) is 10.9. The van der Waals surface area contributed by atoms with E-state index in [2.05, 4.69) is 22.3 Å². The Bertz CT molecular complexity index is 749. The van der Waals surface area contributed by atoms with Gasteiger partial charge in [-0.2, -0.15) is 0 Å². The van der Waals surface area contributed by atoms with Crippen molar-refractivity contribution < 1.29 is 4.79 Å². The second-order valence-electron chi connectivity index (χ2n) is 4.58. The lowest BCUT2D eigenvalue weighted by Gasteiger charge is -2.02. The van der Waals surface area contributed by atoms with Crippen LogP contribution in [-0.2, 0) is 12.8 Å². The largest absolute Gasteiger partial charge is 0.365 e. The maximum absolute atomic E-state index is 11.3. The van der Waals surface area contributed by atoms with Crippen molar-refractivity contribution in [1.29, 1.82) is 0 Å². The molecule has 0 unspecified atom stereocenters. The summed E-state index contributed by atoms with van der Waals surface area (Å²) in [7, 11) is 0. The molecule has 3 rings (SSSR count). The summed E-state index contributed by atoms with van der Waals surface area (Å²) in [5.74, 6) is 0.338. The molecule has 0 fully saturated rings. The van der Waals surface area contributed by atoms with E-state index in [1.54, 1.807) is 12.1 Å². The number of carbonyl (C=O) groups is 1. The fourth-order valence-electron chi connectivity index (χ4n) is 2.23. The molecule has 5 heteroatoms. The second kappa shape index (κ2) is 5.13. The molecule has 0 aliphatic rings. The Labute approximate surface area is 116 Å². The van der Waals surface area contributed by atoms with Crippen LogP contribution in [0.25, 0.3) is 5.65 Å². The van der Waals surface area contributed by atoms with Crippen LogP contribution in [0.15, 0.2) is 48.7 Å². The summed E-state index contributed by atoms with van der Waals surface area (Å²) in [6.07, 6.45) is 3.48. The van der Waals surface area contributed by atoms with Crippen LogP contribution < -0.4 is 5.73 Å². The number of carbonyl (C=O) groups excluding carboxylic acids is 1. The molecule has 0 aliphatic carbocycles. The lowest BCUT2D eigenvalue weighted by molar-refractivity contribution is 0.100. The van der Waals surface area contributed by atoms with Gasteiger partial charge in [-0.3, -0.25) is 9.20 Å². The van der Waals surface area contributed by atoms with Gasteiger partial charge in [-0.05, 0) is 24.1 Å². The Kier molecular flexibility index (Phi) is 3.16. The van der Waals surface area contributed by atoms with Gasteiger partial charge in [0.15, 0.2) is 5.65 Å². The van der Waals surface area contributed by atoms with Crippen molar-refractivity contribution in [3.05, 3.63) is 65.6 Å². The fraction of sp³-hybridized carbons (Fsp3) is 0.133. The van der Waals surface area contributed by atoms with E-state index in [0.29, 0.717) is 11.2 Å². The summed E-state index contributed by atoms with van der Waals surface area (Å²) in [4.78, 5) is 11.3. The normalized spacial score (nSPS) is 10.8. The minimum atomic E-state index is -0.488. The molecule has 2 N–H and O–H groups in total. The molecule has 0 saturated carbocycles. The van der Waals surface area contributed by atoms with E-state index in [0.717, 1.165) is 18.7 Å². The Morgan fingerprint density at radius 1 is 1.05 bits per heavy atom. The number of fused-ring (bicyclic) bond motifs is 1. The Balaban J connectivity index is 1.90. The summed E-state index contributed by atoms with van der Waals surface area (Å²) >= 11 is 0. The first-order valence-corrected chi connectivity index (χ1v) is 6.42. The van der Waals surface area contributed by atoms with Crippen LogP contribution in [0.5, 0.6) is 0 Å². The maximum atomic E-state index is 11.3. The zero-order valence-corrected chi connectivity index (χ0v) is 10.9. The molecule has 0 spiro atoms. The van der Waals surface area contributed by atoms with Gasteiger partial charge in [-0.1, -0.05) is 30.3 Å². The molecule has 1 aromatic carbocycles. The third kappa shape index (κ3) is 2.25. The molecule has 100 valence electrons. The van der Waals surface area contributed by atoms with Gasteiger partial charge in [0, 0.05) is 12.6 Å². The number of hydrogen-bond donors (Lipinski definition) is 1. The number of hydrogen-bond acceptors (Lipinski definition) is 3. The quantitative estimate of drug-likeness (QED) is 0.779. The van der Waals surface area contributed by atoms with Gasteiger partial charge >= 0.3 is 0 Å². The summed E-state index contributed by atoms with van der Waals surface area (Å²) in [5.41, 5.74) is 7.49. The van der Waals surface area contributed by atoms with Gasteiger partial charge in [0.25, 0.3) is 5.91 Å². The predicted molar refractivity (Wildman–Crippen MR) is 75.4 cm³/mol. The second-order valence-corrected chi connectivity index (χ2v) is 4.58. The molecule has 0 aliphatic heterocycles. The lowest BCUT2D eigenvalue weighted by Crippen LogP contribution is -2.12. The highest BCUT2D eigenvalue weighted by molar-refractivity contribution is 5.98. The molecule has 0 saturated heterocycles. The van der Waals surface area contributed by atoms with Crippen LogP contribution in [-0.4, -0.2) is 20.5 Å². The molecular weight excluding hydrogens is 252 g/mol. The van der Waals surface area contributed by atoms with Gasteiger partial charge < -0.3 is 5.73 Å². The summed E-state index contributed by atoms with van der Waals surface area (Å²) in [5, 5.41) is 8.22. The first-order valence-electron chi connectivity index (χ1n) is 6.42. The van der Waals surface area contributed by atoms with E-state index in [1.165, 1.54) is 5.56 Å². The zero-order chi connectivity index (χ0) is 13.9. The molecule has 20 heavy (non-hydrogen) atoms. The van der Waals surface area contributed by atoms with Crippen molar-refractivity contribution >= 4 is 11.6 Å². The number of aromatic nitrogens is 3. The molecule has 3 aromatic rings. The highest BCUT2D eigenvalue weighted by Gasteiger charge is 2.12. The minimum absolute atomic E-state index is 0.394. The average Bonchev–Trinajstić information content (AvgIpc) is 2.89. The van der Waals surface area contributed by atoms with Crippen molar-refractivity contribution in [1.82, 2.24) is 14.6 Å². The van der Waals surface area contributed by atoms with Crippen molar-refractivity contribution in [3.8, 4) is 0 Å². The first-order chi connectivity index (χ1) is 9.75. The summed E-state index contributed by atoms with van der Waals surface area (Å²) in [6, 6.07) is 13.6. The van der Waals surface area contributed by atoms with Crippen LogP contribution in [0.2, 0.25) is 0 Å². The molecule has 2 heterocycles. The number of primary amides is 1. The predicted octanol–water partition coefficient (Wildman–Crippen LogP) is 1.61. The third-order valence-electron chi connectivity index (χ3n) is 3.25. The smallest absolute Gasteiger partial charge is 0.252 e. The van der Waals surface area contributed by atoms with Gasteiger partial charge in [0.1, 0.15) is 5.82 Å². The molecule has 0 bridgehead atoms. The first kappa shape index (κ1) is 12.3. The average molecular weight is 266 g/mol. The third-order valence-corrected chi connectivity index (χ3v) is 3.25. The number of amides is 1.